The van der Waals surface area contributed by atoms with Gasteiger partial charge in [0.15, 0.2) is 0 Å². The Balaban J connectivity index is 2.09. The molecule has 0 heterocycles. The molecule has 0 radical (unpaired) electrons. The second-order valence-electron chi connectivity index (χ2n) is 4.64. The lowest BCUT2D eigenvalue weighted by molar-refractivity contribution is -0.117. The molecule has 122 valence electrons. The Hall–Kier alpha value is -2.54. The first-order valence-electron chi connectivity index (χ1n) is 6.95. The third-order valence-electron chi connectivity index (χ3n) is 2.78. The second kappa shape index (κ2) is 7.15. The molecule has 0 unspecified atom stereocenters. The van der Waals surface area contributed by atoms with Crippen LogP contribution in [0.25, 0.3) is 0 Å². The van der Waals surface area contributed by atoms with E-state index in [0.29, 0.717) is 18.1 Å². The number of ether oxygens (including phenoxy) is 2. The van der Waals surface area contributed by atoms with Crippen molar-refractivity contribution in [3.63, 3.8) is 0 Å². The number of hydrogen-bond donors (Lipinski definition) is 1. The summed E-state index contributed by atoms with van der Waals surface area (Å²) in [6, 6.07) is 12.9. The van der Waals surface area contributed by atoms with E-state index in [2.05, 4.69) is 0 Å². The Morgan fingerprint density at radius 3 is 1.91 bits per heavy atom. The van der Waals surface area contributed by atoms with Crippen LogP contribution in [0.4, 0.5) is 0 Å². The molecule has 0 fully saturated rings. The maximum Gasteiger partial charge on any atom is 0.264 e. The molecule has 0 atom stereocenters. The summed E-state index contributed by atoms with van der Waals surface area (Å²) < 4.78 is 36.5. The summed E-state index contributed by atoms with van der Waals surface area (Å²) in [5, 5.41) is 0. The number of sulfonamides is 1. The van der Waals surface area contributed by atoms with E-state index in [0.717, 1.165) is 12.7 Å². The van der Waals surface area contributed by atoms with Gasteiger partial charge in [0.25, 0.3) is 10.0 Å². The largest absolute Gasteiger partial charge is 0.494 e. The van der Waals surface area contributed by atoms with E-state index < -0.39 is 15.9 Å². The zero-order valence-electron chi connectivity index (χ0n) is 12.8. The molecule has 6 nitrogen and oxygen atoms in total. The van der Waals surface area contributed by atoms with Crippen LogP contribution in [0, 0.1) is 0 Å². The van der Waals surface area contributed by atoms with Gasteiger partial charge in [0.05, 0.1) is 11.5 Å². The molecular formula is C16H17NO5S. The fraction of sp³-hybridized carbons (Fsp3) is 0.188. The van der Waals surface area contributed by atoms with Crippen LogP contribution >= 0.6 is 0 Å². The molecule has 0 bridgehead atoms. The van der Waals surface area contributed by atoms with Gasteiger partial charge in [-0.15, -0.1) is 0 Å². The van der Waals surface area contributed by atoms with Gasteiger partial charge in [-0.1, -0.05) is 0 Å². The lowest BCUT2D eigenvalue weighted by atomic mass is 10.3. The van der Waals surface area contributed by atoms with Crippen molar-refractivity contribution in [2.45, 2.75) is 18.7 Å². The van der Waals surface area contributed by atoms with Crippen LogP contribution in [0.3, 0.4) is 0 Å². The van der Waals surface area contributed by atoms with Crippen molar-refractivity contribution in [2.75, 3.05) is 6.61 Å². The van der Waals surface area contributed by atoms with Crippen LogP contribution in [0.1, 0.15) is 13.8 Å². The average Bonchev–Trinajstić information content (AvgIpc) is 2.49. The summed E-state index contributed by atoms with van der Waals surface area (Å²) in [5.74, 6) is 1.19. The number of rotatable bonds is 6. The van der Waals surface area contributed by atoms with E-state index in [9.17, 15) is 13.2 Å². The fourth-order valence-corrected chi connectivity index (χ4v) is 2.83. The molecule has 0 aliphatic carbocycles. The standard InChI is InChI=1S/C16H17NO5S/c1-3-21-13-4-6-14(7-5-13)22-15-8-10-16(11-9-15)23(19,20)17-12(2)18/h4-11H,3H2,1-2H3,(H,17,18). The van der Waals surface area contributed by atoms with Gasteiger partial charge < -0.3 is 9.47 Å². The van der Waals surface area contributed by atoms with Gasteiger partial charge in [-0.2, -0.15) is 0 Å². The third kappa shape index (κ3) is 4.72. The Labute approximate surface area is 135 Å². The van der Waals surface area contributed by atoms with Crippen molar-refractivity contribution in [1.29, 1.82) is 0 Å². The predicted octanol–water partition coefficient (Wildman–Crippen LogP) is 2.70. The predicted molar refractivity (Wildman–Crippen MR) is 85.1 cm³/mol. The van der Waals surface area contributed by atoms with E-state index in [1.807, 2.05) is 11.6 Å². The number of amides is 1. The highest BCUT2D eigenvalue weighted by Crippen LogP contribution is 2.25. The first-order chi connectivity index (χ1) is 10.9. The van der Waals surface area contributed by atoms with Crippen molar-refractivity contribution in [3.05, 3.63) is 48.5 Å². The molecule has 0 spiro atoms. The highest BCUT2D eigenvalue weighted by atomic mass is 32.2. The molecule has 0 saturated carbocycles. The lowest BCUT2D eigenvalue weighted by Gasteiger charge is -2.09. The van der Waals surface area contributed by atoms with Gasteiger partial charge in [0, 0.05) is 6.92 Å². The van der Waals surface area contributed by atoms with Gasteiger partial charge in [-0.25, -0.2) is 13.1 Å². The minimum Gasteiger partial charge on any atom is -0.494 e. The van der Waals surface area contributed by atoms with E-state index in [1.54, 1.807) is 24.3 Å². The van der Waals surface area contributed by atoms with Crippen molar-refractivity contribution in [3.8, 4) is 17.2 Å². The van der Waals surface area contributed by atoms with E-state index in [1.165, 1.54) is 24.3 Å². The number of carbonyl (C=O) groups is 1. The normalized spacial score (nSPS) is 10.9. The Bertz CT molecular complexity index is 767. The highest BCUT2D eigenvalue weighted by Gasteiger charge is 2.15. The molecule has 0 aromatic heterocycles. The van der Waals surface area contributed by atoms with Crippen LogP contribution < -0.4 is 14.2 Å². The molecule has 2 rings (SSSR count). The summed E-state index contributed by atoms with van der Waals surface area (Å²) in [6.45, 7) is 3.63. The summed E-state index contributed by atoms with van der Waals surface area (Å²) >= 11 is 0. The van der Waals surface area contributed by atoms with Crippen LogP contribution in [0.5, 0.6) is 17.2 Å². The zero-order valence-corrected chi connectivity index (χ0v) is 13.6. The topological polar surface area (TPSA) is 81.7 Å². The SMILES string of the molecule is CCOc1ccc(Oc2ccc(S(=O)(=O)NC(C)=O)cc2)cc1. The first kappa shape index (κ1) is 16.8. The summed E-state index contributed by atoms with van der Waals surface area (Å²) in [7, 11) is -3.83. The molecule has 2 aromatic rings. The van der Waals surface area contributed by atoms with Gasteiger partial charge in [0.1, 0.15) is 17.2 Å². The first-order valence-corrected chi connectivity index (χ1v) is 8.43. The lowest BCUT2D eigenvalue weighted by Crippen LogP contribution is -2.28. The maximum atomic E-state index is 11.8. The van der Waals surface area contributed by atoms with Crippen molar-refractivity contribution in [1.82, 2.24) is 4.72 Å². The Morgan fingerprint density at radius 2 is 1.43 bits per heavy atom. The van der Waals surface area contributed by atoms with Crippen LogP contribution in [-0.4, -0.2) is 20.9 Å². The molecule has 1 N–H and O–H groups in total. The number of carbonyl (C=O) groups excluding carboxylic acids is 1. The quantitative estimate of drug-likeness (QED) is 0.878. The van der Waals surface area contributed by atoms with Crippen LogP contribution in [0.15, 0.2) is 53.4 Å². The molecule has 0 aliphatic rings. The van der Waals surface area contributed by atoms with E-state index in [4.69, 9.17) is 9.47 Å². The van der Waals surface area contributed by atoms with Crippen molar-refractivity contribution < 1.29 is 22.7 Å². The van der Waals surface area contributed by atoms with Gasteiger partial charge in [-0.05, 0) is 55.5 Å². The Kier molecular flexibility index (Phi) is 5.23. The minimum absolute atomic E-state index is 0.00764. The zero-order chi connectivity index (χ0) is 16.9. The molecule has 7 heteroatoms. The smallest absolute Gasteiger partial charge is 0.264 e. The summed E-state index contributed by atoms with van der Waals surface area (Å²) in [5.41, 5.74) is 0. The number of benzene rings is 2. The van der Waals surface area contributed by atoms with Gasteiger partial charge >= 0.3 is 0 Å². The second-order valence-corrected chi connectivity index (χ2v) is 6.32. The van der Waals surface area contributed by atoms with Gasteiger partial charge in [0.2, 0.25) is 5.91 Å². The molecule has 0 saturated heterocycles. The third-order valence-corrected chi connectivity index (χ3v) is 4.23. The average molecular weight is 335 g/mol. The highest BCUT2D eigenvalue weighted by molar-refractivity contribution is 7.90. The molecule has 1 amide bonds. The Morgan fingerprint density at radius 1 is 0.957 bits per heavy atom. The number of hydrogen-bond acceptors (Lipinski definition) is 5. The van der Waals surface area contributed by atoms with Crippen LogP contribution in [-0.2, 0) is 14.8 Å². The number of nitrogens with one attached hydrogen (secondary N) is 1. The van der Waals surface area contributed by atoms with Crippen molar-refractivity contribution in [2.24, 2.45) is 0 Å². The minimum atomic E-state index is -3.83. The molecule has 2 aromatic carbocycles. The molecule has 23 heavy (non-hydrogen) atoms. The summed E-state index contributed by atoms with van der Waals surface area (Å²) in [6.07, 6.45) is 0. The van der Waals surface area contributed by atoms with E-state index >= 15 is 0 Å². The van der Waals surface area contributed by atoms with Gasteiger partial charge in [-0.3, -0.25) is 4.79 Å². The molecule has 0 aliphatic heterocycles. The maximum absolute atomic E-state index is 11.8. The summed E-state index contributed by atoms with van der Waals surface area (Å²) in [4.78, 5) is 10.9. The van der Waals surface area contributed by atoms with E-state index in [-0.39, 0.29) is 4.90 Å². The van der Waals surface area contributed by atoms with Crippen molar-refractivity contribution >= 4 is 15.9 Å². The fourth-order valence-electron chi connectivity index (χ4n) is 1.84. The van der Waals surface area contributed by atoms with Crippen LogP contribution in [0.2, 0.25) is 0 Å². The monoisotopic (exact) mass is 335 g/mol. The molecular weight excluding hydrogens is 318 g/mol.